The van der Waals surface area contributed by atoms with Crippen molar-refractivity contribution in [3.05, 3.63) is 52.9 Å². The highest BCUT2D eigenvalue weighted by Crippen LogP contribution is 2.34. The van der Waals surface area contributed by atoms with Gasteiger partial charge >= 0.3 is 0 Å². The number of halogens is 2. The van der Waals surface area contributed by atoms with Crippen molar-refractivity contribution >= 4 is 10.0 Å². The van der Waals surface area contributed by atoms with Gasteiger partial charge in [-0.05, 0) is 24.6 Å². The molecule has 3 heterocycles. The molecule has 1 aromatic heterocycles. The minimum Gasteiger partial charge on any atom is -0.370 e. The largest absolute Gasteiger partial charge is 0.370 e. The maximum absolute atomic E-state index is 14.1. The molecule has 2 N–H and O–H groups in total. The van der Waals surface area contributed by atoms with Crippen LogP contribution in [0.1, 0.15) is 29.3 Å². The lowest BCUT2D eigenvalue weighted by atomic mass is 9.93. The first-order valence-electron chi connectivity index (χ1n) is 9.50. The number of rotatable bonds is 4. The summed E-state index contributed by atoms with van der Waals surface area (Å²) in [4.78, 5) is 10.3. The van der Waals surface area contributed by atoms with Crippen molar-refractivity contribution in [2.45, 2.75) is 42.9 Å². The van der Waals surface area contributed by atoms with Crippen LogP contribution in [0.5, 0.6) is 0 Å². The highest BCUT2D eigenvalue weighted by molar-refractivity contribution is 7.88. The zero-order valence-corrected chi connectivity index (χ0v) is 17.4. The summed E-state index contributed by atoms with van der Waals surface area (Å²) in [5.74, 6) is -1.09. The Bertz CT molecular complexity index is 1070. The number of nitrogens with two attached hydrogens (primary N) is 1. The lowest BCUT2D eigenvalue weighted by Crippen LogP contribution is -2.47. The summed E-state index contributed by atoms with van der Waals surface area (Å²) in [5, 5.41) is -0.230. The summed E-state index contributed by atoms with van der Waals surface area (Å²) in [6.45, 7) is 1.27. The maximum atomic E-state index is 14.1. The highest BCUT2D eigenvalue weighted by atomic mass is 32.2. The fourth-order valence-corrected chi connectivity index (χ4v) is 4.60. The van der Waals surface area contributed by atoms with E-state index in [-0.39, 0.29) is 16.8 Å². The first kappa shape index (κ1) is 21.2. The monoisotopic (exact) mass is 439 g/mol. The third-order valence-electron chi connectivity index (χ3n) is 5.55. The Morgan fingerprint density at radius 2 is 2.03 bits per heavy atom. The molecule has 1 saturated heterocycles. The van der Waals surface area contributed by atoms with Gasteiger partial charge in [-0.1, -0.05) is 0 Å². The van der Waals surface area contributed by atoms with E-state index in [0.717, 1.165) is 28.1 Å². The standard InChI is InChI=1S/C19H23F2N5O3S/c1-25(2)30(27,28)19-23-7-11-8-26(9-17(11)24-19)13-6-16(22)18(29-10-13)14-5-12(20)3-4-15(14)21/h3-5,7,13,16,18H,6,8-10,22H2,1-2H3/t13-,16+,18-/m1/s1. The van der Waals surface area contributed by atoms with Gasteiger partial charge in [0.05, 0.1) is 12.3 Å². The summed E-state index contributed by atoms with van der Waals surface area (Å²) in [7, 11) is -0.859. The summed E-state index contributed by atoms with van der Waals surface area (Å²) >= 11 is 0. The molecular weight excluding hydrogens is 416 g/mol. The molecule has 162 valence electrons. The van der Waals surface area contributed by atoms with Crippen LogP contribution in [0.4, 0.5) is 8.78 Å². The second-order valence-corrected chi connectivity index (χ2v) is 9.84. The lowest BCUT2D eigenvalue weighted by molar-refractivity contribution is -0.0532. The molecule has 0 aliphatic carbocycles. The van der Waals surface area contributed by atoms with Crippen LogP contribution in [-0.4, -0.2) is 60.4 Å². The lowest BCUT2D eigenvalue weighted by Gasteiger charge is -2.38. The van der Waals surface area contributed by atoms with Gasteiger partial charge in [-0.2, -0.15) is 0 Å². The van der Waals surface area contributed by atoms with E-state index in [0.29, 0.717) is 31.8 Å². The van der Waals surface area contributed by atoms with Crippen LogP contribution in [-0.2, 0) is 27.8 Å². The molecular formula is C19H23F2N5O3S. The van der Waals surface area contributed by atoms with Crippen LogP contribution in [0.15, 0.2) is 29.6 Å². The Hall–Kier alpha value is -2.05. The maximum Gasteiger partial charge on any atom is 0.278 e. The van der Waals surface area contributed by atoms with Gasteiger partial charge in [-0.15, -0.1) is 0 Å². The van der Waals surface area contributed by atoms with Crippen molar-refractivity contribution in [3.8, 4) is 0 Å². The number of aromatic nitrogens is 2. The number of nitrogens with zero attached hydrogens (tertiary/aromatic N) is 4. The Morgan fingerprint density at radius 3 is 2.73 bits per heavy atom. The van der Waals surface area contributed by atoms with Gasteiger partial charge in [-0.25, -0.2) is 31.5 Å². The van der Waals surface area contributed by atoms with Crippen LogP contribution >= 0.6 is 0 Å². The van der Waals surface area contributed by atoms with Gasteiger partial charge in [0.15, 0.2) is 0 Å². The molecule has 8 nitrogen and oxygen atoms in total. The Kier molecular flexibility index (Phi) is 5.58. The van der Waals surface area contributed by atoms with Gasteiger partial charge in [-0.3, -0.25) is 4.90 Å². The number of sulfonamides is 1. The zero-order chi connectivity index (χ0) is 21.6. The van der Waals surface area contributed by atoms with Crippen LogP contribution in [0.3, 0.4) is 0 Å². The Morgan fingerprint density at radius 1 is 1.27 bits per heavy atom. The Balaban J connectivity index is 1.47. The molecule has 3 atom stereocenters. The quantitative estimate of drug-likeness (QED) is 0.714. The van der Waals surface area contributed by atoms with E-state index in [1.54, 1.807) is 0 Å². The van der Waals surface area contributed by atoms with Gasteiger partial charge < -0.3 is 10.5 Å². The fourth-order valence-electron chi connectivity index (χ4n) is 3.86. The SMILES string of the molecule is CN(C)S(=O)(=O)c1ncc2c(n1)CN([C@H]1CO[C@H](c3cc(F)ccc3F)[C@@H](N)C1)C2. The van der Waals surface area contributed by atoms with E-state index in [1.807, 2.05) is 0 Å². The van der Waals surface area contributed by atoms with Gasteiger partial charge in [0, 0.05) is 56.6 Å². The summed E-state index contributed by atoms with van der Waals surface area (Å²) in [6.07, 6.45) is 1.33. The summed E-state index contributed by atoms with van der Waals surface area (Å²) in [6, 6.07) is 2.68. The normalized spacial score (nSPS) is 24.9. The zero-order valence-electron chi connectivity index (χ0n) is 16.6. The average Bonchev–Trinajstić information content (AvgIpc) is 3.13. The fraction of sp³-hybridized carbons (Fsp3) is 0.474. The molecule has 0 unspecified atom stereocenters. The van der Waals surface area contributed by atoms with Crippen molar-refractivity contribution in [2.75, 3.05) is 20.7 Å². The van der Waals surface area contributed by atoms with Crippen LogP contribution in [0.25, 0.3) is 0 Å². The molecule has 2 aromatic rings. The van der Waals surface area contributed by atoms with Crippen LogP contribution in [0, 0.1) is 11.6 Å². The van der Waals surface area contributed by atoms with Crippen LogP contribution < -0.4 is 5.73 Å². The molecule has 2 aliphatic rings. The first-order valence-corrected chi connectivity index (χ1v) is 10.9. The number of hydrogen-bond acceptors (Lipinski definition) is 7. The molecule has 4 rings (SSSR count). The van der Waals surface area contributed by atoms with E-state index in [1.165, 1.54) is 20.3 Å². The van der Waals surface area contributed by atoms with E-state index >= 15 is 0 Å². The van der Waals surface area contributed by atoms with Crippen LogP contribution in [0.2, 0.25) is 0 Å². The molecule has 30 heavy (non-hydrogen) atoms. The molecule has 0 saturated carbocycles. The van der Waals surface area contributed by atoms with Gasteiger partial charge in [0.1, 0.15) is 17.7 Å². The second-order valence-electron chi connectivity index (χ2n) is 7.79. The molecule has 0 spiro atoms. The van der Waals surface area contributed by atoms with Gasteiger partial charge in [0.25, 0.3) is 15.2 Å². The van der Waals surface area contributed by atoms with Crippen molar-refractivity contribution in [1.82, 2.24) is 19.2 Å². The summed E-state index contributed by atoms with van der Waals surface area (Å²) in [5.41, 5.74) is 7.87. The molecule has 1 aromatic carbocycles. The van der Waals surface area contributed by atoms with Crippen molar-refractivity contribution < 1.29 is 21.9 Å². The Labute approximate surface area is 173 Å². The first-order chi connectivity index (χ1) is 14.2. The smallest absolute Gasteiger partial charge is 0.278 e. The topological polar surface area (TPSA) is 102 Å². The van der Waals surface area contributed by atoms with E-state index in [2.05, 4.69) is 14.9 Å². The number of benzene rings is 1. The number of hydrogen-bond donors (Lipinski definition) is 1. The highest BCUT2D eigenvalue weighted by Gasteiger charge is 2.37. The summed E-state index contributed by atoms with van der Waals surface area (Å²) < 4.78 is 59.1. The second kappa shape index (κ2) is 7.89. The average molecular weight is 439 g/mol. The predicted molar refractivity (Wildman–Crippen MR) is 104 cm³/mol. The third kappa shape index (κ3) is 3.83. The number of fused-ring (bicyclic) bond motifs is 1. The molecule has 0 amide bonds. The number of ether oxygens (including phenoxy) is 1. The minimum absolute atomic E-state index is 0.0593. The molecule has 1 fully saturated rings. The third-order valence-corrected chi connectivity index (χ3v) is 7.17. The van der Waals surface area contributed by atoms with Crippen molar-refractivity contribution in [1.29, 1.82) is 0 Å². The molecule has 0 bridgehead atoms. The van der Waals surface area contributed by atoms with E-state index < -0.39 is 33.8 Å². The van der Waals surface area contributed by atoms with Gasteiger partial charge in [0.2, 0.25) is 0 Å². The van der Waals surface area contributed by atoms with E-state index in [9.17, 15) is 17.2 Å². The molecule has 11 heteroatoms. The minimum atomic E-state index is -3.71. The molecule has 0 radical (unpaired) electrons. The van der Waals surface area contributed by atoms with Crippen molar-refractivity contribution in [2.24, 2.45) is 5.73 Å². The predicted octanol–water partition coefficient (Wildman–Crippen LogP) is 1.18. The van der Waals surface area contributed by atoms with E-state index in [4.69, 9.17) is 10.5 Å². The van der Waals surface area contributed by atoms with Crippen molar-refractivity contribution in [3.63, 3.8) is 0 Å². The molecule has 2 aliphatic heterocycles.